The third-order valence-corrected chi connectivity index (χ3v) is 3.97. The van der Waals surface area contributed by atoms with Crippen LogP contribution in [0.15, 0.2) is 91.0 Å². The number of fused-ring (bicyclic) bond motifs is 1. The van der Waals surface area contributed by atoms with Gasteiger partial charge in [-0.25, -0.2) is 0 Å². The molecule has 0 amide bonds. The highest BCUT2D eigenvalue weighted by Gasteiger charge is 2.02. The first-order chi connectivity index (χ1) is 10.9. The molecule has 0 heteroatoms. The van der Waals surface area contributed by atoms with Crippen molar-refractivity contribution in [1.29, 1.82) is 0 Å². The van der Waals surface area contributed by atoms with Crippen LogP contribution < -0.4 is 0 Å². The second-order valence-corrected chi connectivity index (χ2v) is 5.42. The van der Waals surface area contributed by atoms with Gasteiger partial charge in [0.25, 0.3) is 0 Å². The SMILES string of the molecule is [c]1ccc(-c2ccc3ccccc3c2)cc1-c1ccccc1. The van der Waals surface area contributed by atoms with Crippen molar-refractivity contribution in [2.75, 3.05) is 0 Å². The van der Waals surface area contributed by atoms with Gasteiger partial charge < -0.3 is 0 Å². The molecule has 0 heterocycles. The first-order valence-corrected chi connectivity index (χ1v) is 7.46. The van der Waals surface area contributed by atoms with E-state index in [1.165, 1.54) is 27.5 Å². The maximum absolute atomic E-state index is 3.33. The molecule has 0 saturated carbocycles. The van der Waals surface area contributed by atoms with Crippen LogP contribution in [0.2, 0.25) is 0 Å². The molecule has 0 bridgehead atoms. The minimum absolute atomic E-state index is 1.13. The molecule has 0 nitrogen and oxygen atoms in total. The van der Waals surface area contributed by atoms with Crippen molar-refractivity contribution < 1.29 is 0 Å². The highest BCUT2D eigenvalue weighted by molar-refractivity contribution is 5.87. The summed E-state index contributed by atoms with van der Waals surface area (Å²) in [6.45, 7) is 0. The van der Waals surface area contributed by atoms with Crippen LogP contribution in [0.3, 0.4) is 0 Å². The lowest BCUT2D eigenvalue weighted by Crippen LogP contribution is -1.82. The maximum Gasteiger partial charge on any atom is -0.00987 e. The lowest BCUT2D eigenvalue weighted by molar-refractivity contribution is 1.59. The Labute approximate surface area is 130 Å². The fraction of sp³-hybridized carbons (Fsp3) is 0. The molecular formula is C22H15. The monoisotopic (exact) mass is 279 g/mol. The van der Waals surface area contributed by atoms with E-state index in [4.69, 9.17) is 0 Å². The Hall–Kier alpha value is -2.86. The van der Waals surface area contributed by atoms with Crippen LogP contribution in [0.5, 0.6) is 0 Å². The Kier molecular flexibility index (Phi) is 3.21. The Bertz CT molecular complexity index is 920. The summed E-state index contributed by atoms with van der Waals surface area (Å²) in [5.41, 5.74) is 4.80. The van der Waals surface area contributed by atoms with Crippen LogP contribution in [-0.2, 0) is 0 Å². The largest absolute Gasteiger partial charge is 0.0622 e. The Morgan fingerprint density at radius 3 is 2.09 bits per heavy atom. The maximum atomic E-state index is 3.33. The van der Waals surface area contributed by atoms with Gasteiger partial charge in [0, 0.05) is 0 Å². The summed E-state index contributed by atoms with van der Waals surface area (Å²) in [5, 5.41) is 2.55. The van der Waals surface area contributed by atoms with E-state index in [-0.39, 0.29) is 0 Å². The zero-order valence-electron chi connectivity index (χ0n) is 12.2. The average Bonchev–Trinajstić information content (AvgIpc) is 2.62. The molecule has 0 aliphatic heterocycles. The normalized spacial score (nSPS) is 10.7. The van der Waals surface area contributed by atoms with Gasteiger partial charge in [0.1, 0.15) is 0 Å². The molecule has 0 aliphatic rings. The number of hydrogen-bond donors (Lipinski definition) is 0. The highest BCUT2D eigenvalue weighted by Crippen LogP contribution is 2.28. The van der Waals surface area contributed by atoms with Crippen LogP contribution in [0.1, 0.15) is 0 Å². The molecule has 0 unspecified atom stereocenters. The summed E-state index contributed by atoms with van der Waals surface area (Å²) in [6, 6.07) is 35.2. The van der Waals surface area contributed by atoms with Crippen molar-refractivity contribution in [1.82, 2.24) is 0 Å². The Morgan fingerprint density at radius 1 is 0.500 bits per heavy atom. The smallest absolute Gasteiger partial charge is 0.00987 e. The number of rotatable bonds is 2. The van der Waals surface area contributed by atoms with E-state index in [0.29, 0.717) is 0 Å². The zero-order chi connectivity index (χ0) is 14.8. The van der Waals surface area contributed by atoms with Crippen molar-refractivity contribution in [2.24, 2.45) is 0 Å². The van der Waals surface area contributed by atoms with E-state index in [0.717, 1.165) is 5.56 Å². The minimum Gasteiger partial charge on any atom is -0.0622 e. The van der Waals surface area contributed by atoms with E-state index in [1.807, 2.05) is 12.1 Å². The first kappa shape index (κ1) is 12.8. The van der Waals surface area contributed by atoms with Gasteiger partial charge in [-0.2, -0.15) is 0 Å². The fourth-order valence-corrected chi connectivity index (χ4v) is 2.80. The molecule has 0 fully saturated rings. The predicted molar refractivity (Wildman–Crippen MR) is 93.7 cm³/mol. The number of benzene rings is 4. The van der Waals surface area contributed by atoms with Gasteiger partial charge in [-0.1, -0.05) is 78.9 Å². The zero-order valence-corrected chi connectivity index (χ0v) is 12.2. The van der Waals surface area contributed by atoms with Gasteiger partial charge >= 0.3 is 0 Å². The van der Waals surface area contributed by atoms with Crippen LogP contribution in [-0.4, -0.2) is 0 Å². The Balaban J connectivity index is 1.81. The lowest BCUT2D eigenvalue weighted by Gasteiger charge is -2.07. The van der Waals surface area contributed by atoms with Crippen molar-refractivity contribution in [3.05, 3.63) is 97.1 Å². The van der Waals surface area contributed by atoms with Gasteiger partial charge in [0.15, 0.2) is 0 Å². The summed E-state index contributed by atoms with van der Waals surface area (Å²) >= 11 is 0. The van der Waals surface area contributed by atoms with Crippen molar-refractivity contribution in [3.8, 4) is 22.3 Å². The van der Waals surface area contributed by atoms with E-state index >= 15 is 0 Å². The summed E-state index contributed by atoms with van der Waals surface area (Å²) < 4.78 is 0. The first-order valence-electron chi connectivity index (χ1n) is 7.46. The van der Waals surface area contributed by atoms with E-state index in [1.54, 1.807) is 0 Å². The molecule has 103 valence electrons. The van der Waals surface area contributed by atoms with Gasteiger partial charge in [-0.3, -0.25) is 0 Å². The van der Waals surface area contributed by atoms with Gasteiger partial charge in [0.2, 0.25) is 0 Å². The van der Waals surface area contributed by atoms with Gasteiger partial charge in [-0.15, -0.1) is 0 Å². The topological polar surface area (TPSA) is 0 Å². The molecule has 4 aromatic carbocycles. The average molecular weight is 279 g/mol. The van der Waals surface area contributed by atoms with E-state index in [2.05, 4.69) is 84.9 Å². The van der Waals surface area contributed by atoms with E-state index in [9.17, 15) is 0 Å². The standard InChI is InChI=1S/C22H15/c1-2-7-17(8-3-1)20-11-6-12-21(15-20)22-14-13-18-9-4-5-10-19(18)16-22/h1-10,12-16H. The van der Waals surface area contributed by atoms with Gasteiger partial charge in [0.05, 0.1) is 0 Å². The van der Waals surface area contributed by atoms with Crippen molar-refractivity contribution in [2.45, 2.75) is 0 Å². The van der Waals surface area contributed by atoms with Gasteiger partial charge in [-0.05, 0) is 51.2 Å². The van der Waals surface area contributed by atoms with Crippen LogP contribution in [0.25, 0.3) is 33.0 Å². The van der Waals surface area contributed by atoms with Crippen LogP contribution in [0.4, 0.5) is 0 Å². The molecule has 0 aromatic heterocycles. The molecule has 1 radical (unpaired) electrons. The molecule has 0 N–H and O–H groups in total. The molecular weight excluding hydrogens is 264 g/mol. The molecule has 0 spiro atoms. The quantitative estimate of drug-likeness (QED) is 0.424. The Morgan fingerprint density at radius 2 is 1.23 bits per heavy atom. The van der Waals surface area contributed by atoms with Crippen LogP contribution in [0, 0.1) is 6.07 Å². The molecule has 4 aromatic rings. The van der Waals surface area contributed by atoms with Crippen molar-refractivity contribution in [3.63, 3.8) is 0 Å². The lowest BCUT2D eigenvalue weighted by atomic mass is 9.97. The predicted octanol–water partition coefficient (Wildman–Crippen LogP) is 5.97. The second kappa shape index (κ2) is 5.50. The van der Waals surface area contributed by atoms with E-state index < -0.39 is 0 Å². The number of hydrogen-bond acceptors (Lipinski definition) is 0. The summed E-state index contributed by atoms with van der Waals surface area (Å²) in [4.78, 5) is 0. The second-order valence-electron chi connectivity index (χ2n) is 5.42. The third-order valence-electron chi connectivity index (χ3n) is 3.97. The molecule has 4 rings (SSSR count). The highest BCUT2D eigenvalue weighted by atomic mass is 14.1. The van der Waals surface area contributed by atoms with Crippen molar-refractivity contribution >= 4 is 10.8 Å². The summed E-state index contributed by atoms with van der Waals surface area (Å²) in [6.07, 6.45) is 0. The molecule has 0 saturated heterocycles. The molecule has 22 heavy (non-hydrogen) atoms. The third kappa shape index (κ3) is 2.40. The summed E-state index contributed by atoms with van der Waals surface area (Å²) in [7, 11) is 0. The summed E-state index contributed by atoms with van der Waals surface area (Å²) in [5.74, 6) is 0. The minimum atomic E-state index is 1.13. The fourth-order valence-electron chi connectivity index (χ4n) is 2.80. The van der Waals surface area contributed by atoms with Crippen LogP contribution >= 0.6 is 0 Å². The molecule has 0 aliphatic carbocycles. The molecule has 0 atom stereocenters.